The highest BCUT2D eigenvalue weighted by Crippen LogP contribution is 2.14. The summed E-state index contributed by atoms with van der Waals surface area (Å²) in [6.07, 6.45) is 2.24. The lowest BCUT2D eigenvalue weighted by molar-refractivity contribution is 0.201. The summed E-state index contributed by atoms with van der Waals surface area (Å²) in [5, 5.41) is 8.89. The van der Waals surface area contributed by atoms with Crippen LogP contribution in [0.2, 0.25) is 0 Å². The molecule has 14 heavy (non-hydrogen) atoms. The summed E-state index contributed by atoms with van der Waals surface area (Å²) in [7, 11) is 0. The van der Waals surface area contributed by atoms with Crippen LogP contribution in [0.3, 0.4) is 0 Å². The van der Waals surface area contributed by atoms with Gasteiger partial charge in [-0.25, -0.2) is 0 Å². The lowest BCUT2D eigenvalue weighted by Gasteiger charge is -2.17. The van der Waals surface area contributed by atoms with Gasteiger partial charge in [-0.05, 0) is 24.0 Å². The van der Waals surface area contributed by atoms with E-state index in [0.717, 1.165) is 32.5 Å². The first-order valence-electron chi connectivity index (χ1n) is 5.30. The maximum atomic E-state index is 8.89. The summed E-state index contributed by atoms with van der Waals surface area (Å²) < 4.78 is 0. The molecular weight excluding hydrogens is 174 g/mol. The molecule has 0 aliphatic carbocycles. The maximum Gasteiger partial charge on any atom is 0.0558 e. The third-order valence-corrected chi connectivity index (χ3v) is 2.93. The second-order valence-electron chi connectivity index (χ2n) is 3.83. The Bertz CT molecular complexity index is 271. The molecule has 0 fully saturated rings. The van der Waals surface area contributed by atoms with E-state index in [4.69, 9.17) is 5.11 Å². The van der Waals surface area contributed by atoms with E-state index in [1.807, 2.05) is 0 Å². The fraction of sp³-hybridized carbons (Fsp3) is 0.500. The number of hydrogen-bond donors (Lipinski definition) is 1. The molecule has 0 saturated carbocycles. The minimum atomic E-state index is 0.274. The predicted octanol–water partition coefficient (Wildman–Crippen LogP) is 1.08. The Morgan fingerprint density at radius 2 is 1.64 bits per heavy atom. The minimum absolute atomic E-state index is 0.274. The number of rotatable bonds is 2. The standard InChI is InChI=1S/C12H17NO/c14-10-9-13-7-5-11-3-1-2-4-12(11)6-8-13/h1-4,14H,5-10H2. The van der Waals surface area contributed by atoms with Gasteiger partial charge in [-0.15, -0.1) is 0 Å². The number of aliphatic hydroxyl groups is 1. The molecule has 0 bridgehead atoms. The minimum Gasteiger partial charge on any atom is -0.395 e. The Balaban J connectivity index is 2.06. The Morgan fingerprint density at radius 3 is 2.14 bits per heavy atom. The van der Waals surface area contributed by atoms with Gasteiger partial charge in [-0.3, -0.25) is 0 Å². The first kappa shape index (κ1) is 9.69. The van der Waals surface area contributed by atoms with E-state index in [2.05, 4.69) is 29.2 Å². The predicted molar refractivity (Wildman–Crippen MR) is 57.4 cm³/mol. The molecule has 1 N–H and O–H groups in total. The topological polar surface area (TPSA) is 23.5 Å². The van der Waals surface area contributed by atoms with Crippen molar-refractivity contribution in [2.45, 2.75) is 12.8 Å². The van der Waals surface area contributed by atoms with E-state index in [0.29, 0.717) is 0 Å². The molecule has 2 rings (SSSR count). The molecule has 0 amide bonds. The Labute approximate surface area is 85.2 Å². The van der Waals surface area contributed by atoms with Crippen molar-refractivity contribution in [2.75, 3.05) is 26.2 Å². The molecule has 0 atom stereocenters. The van der Waals surface area contributed by atoms with Crippen LogP contribution < -0.4 is 0 Å². The fourth-order valence-electron chi connectivity index (χ4n) is 2.08. The highest BCUT2D eigenvalue weighted by Gasteiger charge is 2.12. The number of β-amino-alcohol motifs (C(OH)–C–C–N with tert-alkyl or cyclic N) is 1. The summed E-state index contributed by atoms with van der Waals surface area (Å²) >= 11 is 0. The Hall–Kier alpha value is -0.860. The van der Waals surface area contributed by atoms with Crippen molar-refractivity contribution in [1.82, 2.24) is 4.90 Å². The molecule has 2 nitrogen and oxygen atoms in total. The smallest absolute Gasteiger partial charge is 0.0558 e. The average molecular weight is 191 g/mol. The van der Waals surface area contributed by atoms with Gasteiger partial charge in [0.25, 0.3) is 0 Å². The molecule has 0 unspecified atom stereocenters. The molecule has 0 saturated heterocycles. The molecule has 1 aliphatic heterocycles. The second-order valence-corrected chi connectivity index (χ2v) is 3.83. The van der Waals surface area contributed by atoms with Gasteiger partial charge in [0.1, 0.15) is 0 Å². The van der Waals surface area contributed by atoms with Crippen molar-refractivity contribution in [3.05, 3.63) is 35.4 Å². The first-order chi connectivity index (χ1) is 6.90. The van der Waals surface area contributed by atoms with Crippen molar-refractivity contribution in [3.63, 3.8) is 0 Å². The van der Waals surface area contributed by atoms with Crippen LogP contribution in [0, 0.1) is 0 Å². The summed E-state index contributed by atoms with van der Waals surface area (Å²) in [5.74, 6) is 0. The molecule has 76 valence electrons. The molecule has 0 radical (unpaired) electrons. The normalized spacial score (nSPS) is 17.5. The van der Waals surface area contributed by atoms with Gasteiger partial charge in [0.15, 0.2) is 0 Å². The van der Waals surface area contributed by atoms with Crippen LogP contribution in [0.4, 0.5) is 0 Å². The molecule has 1 aliphatic rings. The largest absolute Gasteiger partial charge is 0.395 e. The monoisotopic (exact) mass is 191 g/mol. The van der Waals surface area contributed by atoms with Crippen LogP contribution in [0.15, 0.2) is 24.3 Å². The molecule has 2 heteroatoms. The van der Waals surface area contributed by atoms with Crippen molar-refractivity contribution in [3.8, 4) is 0 Å². The number of benzene rings is 1. The zero-order chi connectivity index (χ0) is 9.80. The zero-order valence-electron chi connectivity index (χ0n) is 8.45. The quantitative estimate of drug-likeness (QED) is 0.756. The van der Waals surface area contributed by atoms with Crippen LogP contribution in [0.1, 0.15) is 11.1 Å². The van der Waals surface area contributed by atoms with Crippen molar-refractivity contribution in [1.29, 1.82) is 0 Å². The molecule has 0 aromatic heterocycles. The fourth-order valence-corrected chi connectivity index (χ4v) is 2.08. The number of nitrogens with zero attached hydrogens (tertiary/aromatic N) is 1. The molecule has 1 heterocycles. The van der Waals surface area contributed by atoms with Crippen LogP contribution in [-0.4, -0.2) is 36.2 Å². The summed E-state index contributed by atoms with van der Waals surface area (Å²) in [4.78, 5) is 2.33. The van der Waals surface area contributed by atoms with E-state index in [-0.39, 0.29) is 6.61 Å². The highest BCUT2D eigenvalue weighted by molar-refractivity contribution is 5.28. The van der Waals surface area contributed by atoms with Crippen LogP contribution in [0.25, 0.3) is 0 Å². The number of aliphatic hydroxyl groups excluding tert-OH is 1. The van der Waals surface area contributed by atoms with Crippen LogP contribution >= 0.6 is 0 Å². The first-order valence-corrected chi connectivity index (χ1v) is 5.30. The van der Waals surface area contributed by atoms with Crippen molar-refractivity contribution in [2.24, 2.45) is 0 Å². The molecule has 0 spiro atoms. The average Bonchev–Trinajstić information content (AvgIpc) is 2.42. The van der Waals surface area contributed by atoms with Gasteiger partial charge >= 0.3 is 0 Å². The van der Waals surface area contributed by atoms with Crippen molar-refractivity contribution < 1.29 is 5.11 Å². The highest BCUT2D eigenvalue weighted by atomic mass is 16.3. The third-order valence-electron chi connectivity index (χ3n) is 2.93. The second kappa shape index (κ2) is 4.58. The Morgan fingerprint density at radius 1 is 1.07 bits per heavy atom. The van der Waals surface area contributed by atoms with Gasteiger partial charge < -0.3 is 10.0 Å². The molecule has 1 aromatic rings. The van der Waals surface area contributed by atoms with Gasteiger partial charge in [-0.1, -0.05) is 24.3 Å². The number of fused-ring (bicyclic) bond motifs is 1. The third kappa shape index (κ3) is 2.14. The zero-order valence-corrected chi connectivity index (χ0v) is 8.45. The van der Waals surface area contributed by atoms with Crippen LogP contribution in [-0.2, 0) is 12.8 Å². The van der Waals surface area contributed by atoms with Crippen LogP contribution in [0.5, 0.6) is 0 Å². The van der Waals surface area contributed by atoms with E-state index in [1.165, 1.54) is 11.1 Å². The molecular formula is C12H17NO. The summed E-state index contributed by atoms with van der Waals surface area (Å²) in [5.41, 5.74) is 2.96. The van der Waals surface area contributed by atoms with Gasteiger partial charge in [0.05, 0.1) is 6.61 Å². The summed E-state index contributed by atoms with van der Waals surface area (Å²) in [6.45, 7) is 3.25. The lowest BCUT2D eigenvalue weighted by atomic mass is 10.0. The van der Waals surface area contributed by atoms with E-state index in [9.17, 15) is 0 Å². The number of hydrogen-bond acceptors (Lipinski definition) is 2. The van der Waals surface area contributed by atoms with E-state index < -0.39 is 0 Å². The SMILES string of the molecule is OCCN1CCc2ccccc2CC1. The van der Waals surface area contributed by atoms with Gasteiger partial charge in [0.2, 0.25) is 0 Å². The molecule has 1 aromatic carbocycles. The summed E-state index contributed by atoms with van der Waals surface area (Å²) in [6, 6.07) is 8.66. The Kier molecular flexibility index (Phi) is 3.17. The van der Waals surface area contributed by atoms with E-state index >= 15 is 0 Å². The lowest BCUT2D eigenvalue weighted by Crippen LogP contribution is -2.29. The van der Waals surface area contributed by atoms with Crippen molar-refractivity contribution >= 4 is 0 Å². The van der Waals surface area contributed by atoms with Gasteiger partial charge in [-0.2, -0.15) is 0 Å². The maximum absolute atomic E-state index is 8.89. The van der Waals surface area contributed by atoms with E-state index in [1.54, 1.807) is 0 Å². The van der Waals surface area contributed by atoms with Gasteiger partial charge in [0, 0.05) is 19.6 Å².